The van der Waals surface area contributed by atoms with Crippen molar-refractivity contribution >= 4 is 5.78 Å². The summed E-state index contributed by atoms with van der Waals surface area (Å²) in [6.45, 7) is 3.29. The molecule has 0 unspecified atom stereocenters. The van der Waals surface area contributed by atoms with E-state index in [0.29, 0.717) is 6.42 Å². The molecule has 0 saturated carbocycles. The van der Waals surface area contributed by atoms with Crippen LogP contribution in [0.1, 0.15) is 18.9 Å². The summed E-state index contributed by atoms with van der Waals surface area (Å²) in [4.78, 5) is 14.7. The molecule has 0 aromatic carbocycles. The van der Waals surface area contributed by atoms with Gasteiger partial charge in [0.2, 0.25) is 0 Å². The normalized spacial score (nSPS) is 10.1. The van der Waals surface area contributed by atoms with Crippen molar-refractivity contribution in [3.8, 4) is 0 Å². The second kappa shape index (κ2) is 6.27. The molecule has 1 rings (SSSR count). The Morgan fingerprint density at radius 3 is 3.00 bits per heavy atom. The van der Waals surface area contributed by atoms with Crippen LogP contribution in [-0.2, 0) is 11.2 Å². The minimum atomic E-state index is 0.235. The number of nitrogens with one attached hydrogen (secondary N) is 1. The Labute approximate surface area is 84.6 Å². The van der Waals surface area contributed by atoms with Gasteiger partial charge >= 0.3 is 0 Å². The Bertz CT molecular complexity index is 272. The molecule has 14 heavy (non-hydrogen) atoms. The van der Waals surface area contributed by atoms with E-state index in [9.17, 15) is 4.79 Å². The van der Waals surface area contributed by atoms with E-state index in [4.69, 9.17) is 0 Å². The van der Waals surface area contributed by atoms with Gasteiger partial charge in [-0.05, 0) is 31.5 Å². The fourth-order valence-corrected chi connectivity index (χ4v) is 1.17. The van der Waals surface area contributed by atoms with Crippen molar-refractivity contribution in [3.05, 3.63) is 30.1 Å². The number of rotatable bonds is 6. The molecule has 0 aliphatic rings. The Morgan fingerprint density at radius 2 is 2.36 bits per heavy atom. The first-order valence-corrected chi connectivity index (χ1v) is 4.88. The fourth-order valence-electron chi connectivity index (χ4n) is 1.17. The van der Waals surface area contributed by atoms with Gasteiger partial charge in [0.25, 0.3) is 0 Å². The van der Waals surface area contributed by atoms with E-state index in [1.165, 1.54) is 5.56 Å². The number of carbonyl (C=O) groups is 1. The molecule has 0 aliphatic heterocycles. The SMILES string of the molecule is CC(=O)CCNCCc1cccnc1. The number of carbonyl (C=O) groups excluding carboxylic acids is 1. The highest BCUT2D eigenvalue weighted by molar-refractivity contribution is 5.75. The number of nitrogens with zero attached hydrogens (tertiary/aromatic N) is 1. The predicted octanol–water partition coefficient (Wildman–Crippen LogP) is 1.19. The van der Waals surface area contributed by atoms with Crippen LogP contribution >= 0.6 is 0 Å². The van der Waals surface area contributed by atoms with E-state index in [1.807, 2.05) is 12.3 Å². The van der Waals surface area contributed by atoms with Gasteiger partial charge in [0.15, 0.2) is 0 Å². The Balaban J connectivity index is 2.08. The topological polar surface area (TPSA) is 42.0 Å². The molecular formula is C11H16N2O. The van der Waals surface area contributed by atoms with Gasteiger partial charge in [0.1, 0.15) is 5.78 Å². The van der Waals surface area contributed by atoms with E-state index in [-0.39, 0.29) is 5.78 Å². The molecule has 0 atom stereocenters. The Kier molecular flexibility index (Phi) is 4.86. The summed E-state index contributed by atoms with van der Waals surface area (Å²) in [5.74, 6) is 0.235. The van der Waals surface area contributed by atoms with Crippen molar-refractivity contribution in [1.29, 1.82) is 0 Å². The minimum Gasteiger partial charge on any atom is -0.316 e. The lowest BCUT2D eigenvalue weighted by Gasteiger charge is -2.02. The van der Waals surface area contributed by atoms with Crippen molar-refractivity contribution < 1.29 is 4.79 Å². The molecule has 0 amide bonds. The molecule has 1 aromatic heterocycles. The van der Waals surface area contributed by atoms with E-state index >= 15 is 0 Å². The highest BCUT2D eigenvalue weighted by atomic mass is 16.1. The molecule has 3 nitrogen and oxygen atoms in total. The first kappa shape index (κ1) is 10.9. The van der Waals surface area contributed by atoms with Crippen LogP contribution in [0.5, 0.6) is 0 Å². The van der Waals surface area contributed by atoms with Crippen molar-refractivity contribution in [2.45, 2.75) is 19.8 Å². The number of ketones is 1. The largest absolute Gasteiger partial charge is 0.316 e. The van der Waals surface area contributed by atoms with Gasteiger partial charge in [-0.2, -0.15) is 0 Å². The molecule has 0 saturated heterocycles. The van der Waals surface area contributed by atoms with Crippen molar-refractivity contribution in [3.63, 3.8) is 0 Å². The molecule has 0 bridgehead atoms. The Hall–Kier alpha value is -1.22. The summed E-state index contributed by atoms with van der Waals surface area (Å²) in [5, 5.41) is 3.22. The zero-order valence-corrected chi connectivity index (χ0v) is 8.49. The molecule has 3 heteroatoms. The number of hydrogen-bond acceptors (Lipinski definition) is 3. The molecule has 0 fully saturated rings. The van der Waals surface area contributed by atoms with Crippen LogP contribution in [-0.4, -0.2) is 23.9 Å². The molecule has 1 heterocycles. The lowest BCUT2D eigenvalue weighted by Crippen LogP contribution is -2.20. The van der Waals surface area contributed by atoms with E-state index in [1.54, 1.807) is 13.1 Å². The summed E-state index contributed by atoms with van der Waals surface area (Å²) in [6, 6.07) is 3.99. The van der Waals surface area contributed by atoms with Crippen molar-refractivity contribution in [2.24, 2.45) is 0 Å². The van der Waals surface area contributed by atoms with Crippen LogP contribution in [0, 0.1) is 0 Å². The third kappa shape index (κ3) is 4.72. The van der Waals surface area contributed by atoms with E-state index in [0.717, 1.165) is 19.5 Å². The molecule has 0 radical (unpaired) electrons. The quantitative estimate of drug-likeness (QED) is 0.688. The third-order valence-corrected chi connectivity index (χ3v) is 1.97. The molecule has 1 aromatic rings. The van der Waals surface area contributed by atoms with Gasteiger partial charge in [0, 0.05) is 25.4 Å². The lowest BCUT2D eigenvalue weighted by molar-refractivity contribution is -0.116. The van der Waals surface area contributed by atoms with Crippen LogP contribution in [0.3, 0.4) is 0 Å². The summed E-state index contributed by atoms with van der Waals surface area (Å²) in [6.07, 6.45) is 5.22. The maximum absolute atomic E-state index is 10.6. The lowest BCUT2D eigenvalue weighted by atomic mass is 10.2. The van der Waals surface area contributed by atoms with Gasteiger partial charge in [-0.3, -0.25) is 9.78 Å². The predicted molar refractivity (Wildman–Crippen MR) is 56.1 cm³/mol. The second-order valence-corrected chi connectivity index (χ2v) is 3.31. The standard InChI is InChI=1S/C11H16N2O/c1-10(14)4-7-12-8-5-11-3-2-6-13-9-11/h2-3,6,9,12H,4-5,7-8H2,1H3. The van der Waals surface area contributed by atoms with Crippen LogP contribution in [0.15, 0.2) is 24.5 Å². The average molecular weight is 192 g/mol. The maximum Gasteiger partial charge on any atom is 0.131 e. The van der Waals surface area contributed by atoms with Crippen LogP contribution in [0.4, 0.5) is 0 Å². The highest BCUT2D eigenvalue weighted by Gasteiger charge is 1.94. The highest BCUT2D eigenvalue weighted by Crippen LogP contribution is 1.95. The van der Waals surface area contributed by atoms with Gasteiger partial charge < -0.3 is 5.32 Å². The van der Waals surface area contributed by atoms with Gasteiger partial charge in [0.05, 0.1) is 0 Å². The van der Waals surface area contributed by atoms with E-state index in [2.05, 4.69) is 16.4 Å². The molecular weight excluding hydrogens is 176 g/mol. The van der Waals surface area contributed by atoms with Crippen LogP contribution in [0.25, 0.3) is 0 Å². The van der Waals surface area contributed by atoms with Crippen LogP contribution < -0.4 is 5.32 Å². The fraction of sp³-hybridized carbons (Fsp3) is 0.455. The average Bonchev–Trinajstić information content (AvgIpc) is 2.18. The van der Waals surface area contributed by atoms with Gasteiger partial charge in [-0.1, -0.05) is 6.07 Å². The van der Waals surface area contributed by atoms with Gasteiger partial charge in [-0.15, -0.1) is 0 Å². The minimum absolute atomic E-state index is 0.235. The summed E-state index contributed by atoms with van der Waals surface area (Å²) in [5.41, 5.74) is 1.22. The van der Waals surface area contributed by atoms with Crippen LogP contribution in [0.2, 0.25) is 0 Å². The molecule has 0 spiro atoms. The third-order valence-electron chi connectivity index (χ3n) is 1.97. The van der Waals surface area contributed by atoms with Crippen molar-refractivity contribution in [2.75, 3.05) is 13.1 Å². The summed E-state index contributed by atoms with van der Waals surface area (Å²) >= 11 is 0. The number of Topliss-reactive ketones (excluding diaryl/α,β-unsaturated/α-hetero) is 1. The monoisotopic (exact) mass is 192 g/mol. The molecule has 0 aliphatic carbocycles. The first-order chi connectivity index (χ1) is 6.79. The first-order valence-electron chi connectivity index (χ1n) is 4.88. The maximum atomic E-state index is 10.6. The summed E-state index contributed by atoms with van der Waals surface area (Å²) in [7, 11) is 0. The van der Waals surface area contributed by atoms with Crippen molar-refractivity contribution in [1.82, 2.24) is 10.3 Å². The number of hydrogen-bond donors (Lipinski definition) is 1. The number of pyridine rings is 1. The van der Waals surface area contributed by atoms with E-state index < -0.39 is 0 Å². The smallest absolute Gasteiger partial charge is 0.131 e. The molecule has 76 valence electrons. The summed E-state index contributed by atoms with van der Waals surface area (Å²) < 4.78 is 0. The Morgan fingerprint density at radius 1 is 1.50 bits per heavy atom. The number of aromatic nitrogens is 1. The zero-order valence-electron chi connectivity index (χ0n) is 8.49. The zero-order chi connectivity index (χ0) is 10.2. The second-order valence-electron chi connectivity index (χ2n) is 3.31. The molecule has 1 N–H and O–H groups in total. The van der Waals surface area contributed by atoms with Gasteiger partial charge in [-0.25, -0.2) is 0 Å².